The molecule has 1 saturated heterocycles. The highest BCUT2D eigenvalue weighted by molar-refractivity contribution is 5.93. The Morgan fingerprint density at radius 1 is 1.23 bits per heavy atom. The van der Waals surface area contributed by atoms with Crippen LogP contribution in [0.3, 0.4) is 0 Å². The first-order valence-electron chi connectivity index (χ1n) is 14.1. The van der Waals surface area contributed by atoms with Crippen molar-refractivity contribution >= 4 is 23.1 Å². The average molecular weight is 547 g/mol. The van der Waals surface area contributed by atoms with Gasteiger partial charge in [-0.25, -0.2) is 4.68 Å². The Labute approximate surface area is 233 Å². The maximum atomic E-state index is 10.1. The second-order valence-corrected chi connectivity index (χ2v) is 10.9. The number of pyridine rings is 1. The van der Waals surface area contributed by atoms with Crippen molar-refractivity contribution in [3.8, 4) is 23.0 Å². The monoisotopic (exact) mass is 546 g/mol. The van der Waals surface area contributed by atoms with Crippen LogP contribution in [0.25, 0.3) is 34.3 Å². The van der Waals surface area contributed by atoms with E-state index in [4.69, 9.17) is 24.7 Å². The molecule has 6 rings (SSSR count). The Hall–Kier alpha value is -3.70. The molecule has 0 radical (unpaired) electrons. The Morgan fingerprint density at radius 2 is 2.05 bits per heavy atom. The van der Waals surface area contributed by atoms with Crippen LogP contribution < -0.4 is 9.47 Å². The maximum Gasteiger partial charge on any atom is 0.240 e. The van der Waals surface area contributed by atoms with Crippen LogP contribution in [-0.4, -0.2) is 76.7 Å². The van der Waals surface area contributed by atoms with Crippen LogP contribution in [0.2, 0.25) is 0 Å². The van der Waals surface area contributed by atoms with E-state index in [1.54, 1.807) is 0 Å². The molecule has 212 valence electrons. The molecule has 3 atom stereocenters. The minimum atomic E-state index is -0.197. The van der Waals surface area contributed by atoms with Gasteiger partial charge in [0.05, 0.1) is 58.9 Å². The van der Waals surface area contributed by atoms with Gasteiger partial charge in [0.2, 0.25) is 11.8 Å². The number of nitrogens with one attached hydrogen (secondary N) is 1. The topological polar surface area (TPSA) is 119 Å². The number of aliphatic hydroxyl groups is 1. The summed E-state index contributed by atoms with van der Waals surface area (Å²) >= 11 is 0. The number of hydrogen-bond acceptors (Lipinski definition) is 8. The molecule has 0 spiro atoms. The van der Waals surface area contributed by atoms with Crippen molar-refractivity contribution in [2.75, 3.05) is 19.8 Å². The largest absolute Gasteiger partial charge is 0.476 e. The van der Waals surface area contributed by atoms with Crippen molar-refractivity contribution in [2.24, 2.45) is 7.05 Å². The van der Waals surface area contributed by atoms with Crippen LogP contribution in [-0.2, 0) is 13.6 Å². The van der Waals surface area contributed by atoms with E-state index < -0.39 is 0 Å². The molecule has 2 bridgehead atoms. The van der Waals surface area contributed by atoms with Gasteiger partial charge in [-0.05, 0) is 72.2 Å². The summed E-state index contributed by atoms with van der Waals surface area (Å²) < 4.78 is 16.5. The van der Waals surface area contributed by atoms with Crippen LogP contribution in [0.1, 0.15) is 68.0 Å². The molecule has 0 unspecified atom stereocenters. The highest BCUT2D eigenvalue weighted by Gasteiger charge is 2.34. The van der Waals surface area contributed by atoms with E-state index in [1.807, 2.05) is 50.2 Å². The van der Waals surface area contributed by atoms with E-state index in [0.717, 1.165) is 75.8 Å². The van der Waals surface area contributed by atoms with Gasteiger partial charge in [0.25, 0.3) is 0 Å². The van der Waals surface area contributed by atoms with Crippen LogP contribution in [0, 0.1) is 13.8 Å². The lowest BCUT2D eigenvalue weighted by molar-refractivity contribution is 0.0914. The van der Waals surface area contributed by atoms with Gasteiger partial charge in [-0.1, -0.05) is 0 Å². The summed E-state index contributed by atoms with van der Waals surface area (Å²) in [5.41, 5.74) is 7.03. The van der Waals surface area contributed by atoms with Crippen LogP contribution >= 0.6 is 0 Å². The zero-order valence-electron chi connectivity index (χ0n) is 24.1. The van der Waals surface area contributed by atoms with Gasteiger partial charge in [0.1, 0.15) is 11.6 Å². The molecule has 11 heteroatoms. The van der Waals surface area contributed by atoms with Gasteiger partial charge in [-0.2, -0.15) is 10.2 Å². The average Bonchev–Trinajstić information content (AvgIpc) is 3.69. The quantitative estimate of drug-likeness (QED) is 0.394. The Balaban J connectivity index is 1.60. The summed E-state index contributed by atoms with van der Waals surface area (Å²) in [5, 5.41) is 28.4. The molecule has 0 amide bonds. The zero-order valence-corrected chi connectivity index (χ0v) is 24.1. The molecule has 4 aromatic rings. The molecular weight excluding hydrogens is 508 g/mol. The number of nitrogens with zero attached hydrogens (tertiary/aromatic N) is 7. The molecule has 6 heterocycles. The summed E-state index contributed by atoms with van der Waals surface area (Å²) in [6, 6.07) is 2.07. The maximum absolute atomic E-state index is 10.1. The van der Waals surface area contributed by atoms with E-state index >= 15 is 0 Å². The molecule has 0 aromatic carbocycles. The molecule has 11 nitrogen and oxygen atoms in total. The normalized spacial score (nSPS) is 20.9. The lowest BCUT2D eigenvalue weighted by Crippen LogP contribution is -2.41. The molecule has 0 saturated carbocycles. The van der Waals surface area contributed by atoms with Gasteiger partial charge in [0, 0.05) is 25.0 Å². The molecular formula is C29H38N8O3. The first-order chi connectivity index (χ1) is 19.3. The number of fused-ring (bicyclic) bond motifs is 5. The van der Waals surface area contributed by atoms with E-state index in [9.17, 15) is 5.11 Å². The van der Waals surface area contributed by atoms with Crippen molar-refractivity contribution in [1.82, 2.24) is 39.6 Å². The number of aromatic nitrogens is 7. The van der Waals surface area contributed by atoms with Crippen LogP contribution in [0.15, 0.2) is 6.07 Å². The second-order valence-electron chi connectivity index (χ2n) is 10.9. The number of aliphatic hydroxyl groups excluding tert-OH is 1. The predicted octanol–water partition coefficient (Wildman–Crippen LogP) is 4.04. The molecule has 2 aliphatic rings. The fourth-order valence-electron chi connectivity index (χ4n) is 6.17. The summed E-state index contributed by atoms with van der Waals surface area (Å²) in [5.74, 6) is 1.28. The van der Waals surface area contributed by atoms with Crippen molar-refractivity contribution in [3.05, 3.63) is 34.4 Å². The lowest BCUT2D eigenvalue weighted by atomic mass is 10.1. The molecule has 0 aliphatic carbocycles. The van der Waals surface area contributed by atoms with Gasteiger partial charge >= 0.3 is 0 Å². The van der Waals surface area contributed by atoms with Crippen LogP contribution in [0.5, 0.6) is 11.8 Å². The summed E-state index contributed by atoms with van der Waals surface area (Å²) in [6.45, 7) is 12.1. The standard InChI is InChI=1S/C29H38N8O3/c1-7-39-28-20-10-11-22-21-13-23(30-18(4)27(21)32-31-22)26-17(3)33-35(6)29(26)40-19(5)24-9-8-12-36(24)14-25(20)37(34-28)16(2)15-38/h10-11,13,16,19,24,38H,7-9,12,14-15H2,1-6H3,(H,31,32)/b11-10+/t16-,19+,24+/m0/s1. The summed E-state index contributed by atoms with van der Waals surface area (Å²) in [6.07, 6.45) is 6.11. The minimum absolute atomic E-state index is 0.0187. The number of H-pyrrole nitrogens is 1. The Bertz CT molecular complexity index is 1580. The third kappa shape index (κ3) is 4.37. The van der Waals surface area contributed by atoms with Gasteiger partial charge in [-0.3, -0.25) is 19.7 Å². The van der Waals surface area contributed by atoms with E-state index in [2.05, 4.69) is 34.2 Å². The molecule has 4 aromatic heterocycles. The van der Waals surface area contributed by atoms with E-state index in [1.165, 1.54) is 0 Å². The highest BCUT2D eigenvalue weighted by Crippen LogP contribution is 2.38. The van der Waals surface area contributed by atoms with E-state index in [0.29, 0.717) is 19.0 Å². The summed E-state index contributed by atoms with van der Waals surface area (Å²) in [4.78, 5) is 7.40. The zero-order chi connectivity index (χ0) is 28.1. The number of rotatable bonds is 4. The van der Waals surface area contributed by atoms with Crippen molar-refractivity contribution in [3.63, 3.8) is 0 Å². The van der Waals surface area contributed by atoms with E-state index in [-0.39, 0.29) is 24.8 Å². The van der Waals surface area contributed by atoms with Crippen molar-refractivity contribution in [2.45, 2.75) is 72.2 Å². The molecule has 2 N–H and O–H groups in total. The second kappa shape index (κ2) is 10.4. The van der Waals surface area contributed by atoms with Gasteiger partial charge in [-0.15, -0.1) is 5.10 Å². The van der Waals surface area contributed by atoms with Gasteiger partial charge in [0.15, 0.2) is 0 Å². The molecule has 40 heavy (non-hydrogen) atoms. The third-order valence-corrected chi connectivity index (χ3v) is 8.17. The smallest absolute Gasteiger partial charge is 0.240 e. The highest BCUT2D eigenvalue weighted by atomic mass is 16.5. The summed E-state index contributed by atoms with van der Waals surface area (Å²) in [7, 11) is 1.92. The van der Waals surface area contributed by atoms with Gasteiger partial charge < -0.3 is 14.6 Å². The predicted molar refractivity (Wildman–Crippen MR) is 153 cm³/mol. The Morgan fingerprint density at radius 3 is 2.83 bits per heavy atom. The lowest BCUT2D eigenvalue weighted by Gasteiger charge is -2.30. The fraction of sp³-hybridized carbons (Fsp3) is 0.517. The van der Waals surface area contributed by atoms with Crippen molar-refractivity contribution in [1.29, 1.82) is 0 Å². The van der Waals surface area contributed by atoms with Crippen LogP contribution in [0.4, 0.5) is 0 Å². The molecule has 2 aliphatic heterocycles. The first-order valence-corrected chi connectivity index (χ1v) is 14.1. The fourth-order valence-corrected chi connectivity index (χ4v) is 6.17. The van der Waals surface area contributed by atoms with Crippen molar-refractivity contribution < 1.29 is 14.6 Å². The number of ether oxygens (including phenoxy) is 2. The first kappa shape index (κ1) is 26.5. The minimum Gasteiger partial charge on any atom is -0.476 e. The SMILES string of the molecule is CCOc1nn([C@@H](C)CO)c2c1/C=C/c1[nH]nc3c(C)nc(cc13)-c1c(C)nn(C)c1O[C@H](C)[C@H]1CCCN1C2. The Kier molecular flexibility index (Phi) is 6.87. The number of aromatic amines is 1. The third-order valence-electron chi connectivity index (χ3n) is 8.17. The number of hydrogen-bond donors (Lipinski definition) is 2. The number of aryl methyl sites for hydroxylation is 3. The molecule has 1 fully saturated rings.